The molecule has 1 aromatic heterocycles. The van der Waals surface area contributed by atoms with Crippen molar-refractivity contribution >= 4 is 11.7 Å². The third-order valence-electron chi connectivity index (χ3n) is 6.60. The number of aliphatic hydroxyl groups excluding tert-OH is 1. The highest BCUT2D eigenvalue weighted by molar-refractivity contribution is 5.94. The molecule has 1 saturated heterocycles. The molecule has 2 aromatic rings. The van der Waals surface area contributed by atoms with Crippen LogP contribution < -0.4 is 4.90 Å². The summed E-state index contributed by atoms with van der Waals surface area (Å²) in [4.78, 5) is 23.5. The second-order valence-corrected chi connectivity index (χ2v) is 8.95. The molecule has 4 rings (SSSR count). The van der Waals surface area contributed by atoms with Crippen LogP contribution in [0.2, 0.25) is 0 Å². The Morgan fingerprint density at radius 1 is 1.22 bits per heavy atom. The van der Waals surface area contributed by atoms with Crippen molar-refractivity contribution in [2.24, 2.45) is 0 Å². The van der Waals surface area contributed by atoms with Gasteiger partial charge in [-0.1, -0.05) is 24.3 Å². The summed E-state index contributed by atoms with van der Waals surface area (Å²) in [7, 11) is 3.77. The summed E-state index contributed by atoms with van der Waals surface area (Å²) in [6.07, 6.45) is 4.01. The van der Waals surface area contributed by atoms with Gasteiger partial charge in [-0.15, -0.1) is 0 Å². The maximum atomic E-state index is 13.0. The van der Waals surface area contributed by atoms with Gasteiger partial charge >= 0.3 is 0 Å². The van der Waals surface area contributed by atoms with Gasteiger partial charge in [0.15, 0.2) is 0 Å². The minimum atomic E-state index is -0.597. The number of aromatic nitrogens is 1. The molecule has 2 aliphatic heterocycles. The van der Waals surface area contributed by atoms with Crippen LogP contribution in [0.1, 0.15) is 34.3 Å². The van der Waals surface area contributed by atoms with Crippen LogP contribution >= 0.6 is 0 Å². The molecule has 3 heterocycles. The molecular weight excluding hydrogens is 404 g/mol. The number of ether oxygens (including phenoxy) is 1. The summed E-state index contributed by atoms with van der Waals surface area (Å²) in [6.45, 7) is 4.15. The van der Waals surface area contributed by atoms with Gasteiger partial charge in [0.05, 0.1) is 6.10 Å². The molecule has 1 atom stereocenters. The number of nitrogens with zero attached hydrogens (tertiary/aromatic N) is 4. The van der Waals surface area contributed by atoms with E-state index >= 15 is 0 Å². The van der Waals surface area contributed by atoms with Gasteiger partial charge in [0, 0.05) is 71.3 Å². The Bertz CT molecular complexity index is 916. The number of rotatable bonds is 7. The largest absolute Gasteiger partial charge is 0.390 e. The van der Waals surface area contributed by atoms with Gasteiger partial charge in [-0.3, -0.25) is 9.69 Å². The molecule has 0 unspecified atom stereocenters. The highest BCUT2D eigenvalue weighted by Crippen LogP contribution is 2.21. The summed E-state index contributed by atoms with van der Waals surface area (Å²) in [5.41, 5.74) is 3.31. The fraction of sp³-hybridized carbons (Fsp3) is 0.520. The van der Waals surface area contributed by atoms with Gasteiger partial charge < -0.3 is 19.6 Å². The lowest BCUT2D eigenvalue weighted by atomic mass is 10.00. The molecule has 1 N–H and O–H groups in total. The Balaban J connectivity index is 1.32. The van der Waals surface area contributed by atoms with E-state index in [9.17, 15) is 9.90 Å². The number of pyridine rings is 1. The first kappa shape index (κ1) is 22.7. The number of carbonyl (C=O) groups is 1. The van der Waals surface area contributed by atoms with E-state index in [1.54, 1.807) is 24.2 Å². The summed E-state index contributed by atoms with van der Waals surface area (Å²) in [5, 5.41) is 10.7. The van der Waals surface area contributed by atoms with Gasteiger partial charge in [-0.05, 0) is 42.5 Å². The molecule has 0 aliphatic carbocycles. The van der Waals surface area contributed by atoms with Crippen molar-refractivity contribution in [3.63, 3.8) is 0 Å². The number of hydrogen-bond donors (Lipinski definition) is 1. The Morgan fingerprint density at radius 3 is 2.75 bits per heavy atom. The lowest BCUT2D eigenvalue weighted by Gasteiger charge is -2.32. The fourth-order valence-electron chi connectivity index (χ4n) is 4.69. The third-order valence-corrected chi connectivity index (χ3v) is 6.60. The van der Waals surface area contributed by atoms with Gasteiger partial charge in [-0.25, -0.2) is 4.98 Å². The lowest BCUT2D eigenvalue weighted by Crippen LogP contribution is -2.42. The molecule has 1 amide bonds. The minimum Gasteiger partial charge on any atom is -0.390 e. The minimum absolute atomic E-state index is 0.0999. The first-order valence-electron chi connectivity index (χ1n) is 11.5. The van der Waals surface area contributed by atoms with Crippen molar-refractivity contribution in [2.75, 3.05) is 51.8 Å². The normalized spacial score (nSPS) is 18.1. The monoisotopic (exact) mass is 438 g/mol. The third kappa shape index (κ3) is 5.46. The summed E-state index contributed by atoms with van der Waals surface area (Å²) in [6, 6.07) is 12.4. The van der Waals surface area contributed by atoms with E-state index in [4.69, 9.17) is 4.74 Å². The average molecular weight is 439 g/mol. The number of benzene rings is 1. The van der Waals surface area contributed by atoms with E-state index in [1.807, 2.05) is 13.1 Å². The second kappa shape index (κ2) is 10.4. The zero-order chi connectivity index (χ0) is 22.5. The molecule has 32 heavy (non-hydrogen) atoms. The summed E-state index contributed by atoms with van der Waals surface area (Å²) < 4.78 is 5.45. The Hall–Kier alpha value is -2.48. The van der Waals surface area contributed by atoms with Crippen LogP contribution in [-0.2, 0) is 17.7 Å². The zero-order valence-corrected chi connectivity index (χ0v) is 19.1. The first-order chi connectivity index (χ1) is 15.5. The van der Waals surface area contributed by atoms with Gasteiger partial charge in [0.1, 0.15) is 5.82 Å². The standard InChI is InChI=1S/C25H34N4O3/c1-27(17-23(30)18-29-12-8-19-5-3-4-6-21(19)16-29)25(31)20-7-11-26-24(15-20)28(2)22-9-13-32-14-10-22/h3-7,11,15,22-23,30H,8-10,12-14,16-18H2,1-2H3/t23-/m0/s1. The van der Waals surface area contributed by atoms with Crippen molar-refractivity contribution in [1.29, 1.82) is 0 Å². The van der Waals surface area contributed by atoms with E-state index < -0.39 is 6.10 Å². The predicted molar refractivity (Wildman–Crippen MR) is 125 cm³/mol. The van der Waals surface area contributed by atoms with Crippen molar-refractivity contribution in [3.8, 4) is 0 Å². The van der Waals surface area contributed by atoms with E-state index in [0.717, 1.165) is 51.4 Å². The predicted octanol–water partition coefficient (Wildman–Crippen LogP) is 2.19. The Morgan fingerprint density at radius 2 is 1.97 bits per heavy atom. The van der Waals surface area contributed by atoms with Crippen LogP contribution in [0.15, 0.2) is 42.6 Å². The molecular formula is C25H34N4O3. The average Bonchev–Trinajstić information content (AvgIpc) is 2.83. The van der Waals surface area contributed by atoms with Crippen LogP contribution in [0.25, 0.3) is 0 Å². The van der Waals surface area contributed by atoms with Gasteiger partial charge in [0.2, 0.25) is 0 Å². The number of likely N-dealkylation sites (N-methyl/N-ethyl adjacent to an activating group) is 1. The van der Waals surface area contributed by atoms with E-state index in [2.05, 4.69) is 39.0 Å². The molecule has 2 aliphatic rings. The summed E-state index contributed by atoms with van der Waals surface area (Å²) in [5.74, 6) is 0.695. The van der Waals surface area contributed by atoms with Crippen LogP contribution in [-0.4, -0.2) is 84.9 Å². The molecule has 0 spiro atoms. The van der Waals surface area contributed by atoms with E-state index in [0.29, 0.717) is 24.7 Å². The summed E-state index contributed by atoms with van der Waals surface area (Å²) >= 11 is 0. The maximum Gasteiger partial charge on any atom is 0.253 e. The molecule has 0 radical (unpaired) electrons. The molecule has 0 saturated carbocycles. The van der Waals surface area contributed by atoms with Gasteiger partial charge in [0.25, 0.3) is 5.91 Å². The van der Waals surface area contributed by atoms with Crippen molar-refractivity contribution < 1.29 is 14.6 Å². The number of hydrogen-bond acceptors (Lipinski definition) is 6. The van der Waals surface area contributed by atoms with Crippen LogP contribution in [0, 0.1) is 0 Å². The smallest absolute Gasteiger partial charge is 0.253 e. The fourth-order valence-corrected chi connectivity index (χ4v) is 4.69. The van der Waals surface area contributed by atoms with Crippen molar-refractivity contribution in [1.82, 2.24) is 14.8 Å². The first-order valence-corrected chi connectivity index (χ1v) is 11.5. The van der Waals surface area contributed by atoms with Crippen LogP contribution in [0.3, 0.4) is 0 Å². The van der Waals surface area contributed by atoms with Gasteiger partial charge in [-0.2, -0.15) is 0 Å². The lowest BCUT2D eigenvalue weighted by molar-refractivity contribution is 0.0568. The number of carbonyl (C=O) groups excluding carboxylic acids is 1. The Kier molecular flexibility index (Phi) is 7.40. The van der Waals surface area contributed by atoms with Crippen LogP contribution in [0.5, 0.6) is 0 Å². The SMILES string of the molecule is CN(C[C@H](O)CN1CCc2ccccc2C1)C(=O)c1ccnc(N(C)C2CCOCC2)c1. The molecule has 1 fully saturated rings. The highest BCUT2D eigenvalue weighted by Gasteiger charge is 2.23. The number of β-amino-alcohol motifs (C(OH)–C–C–N with tert-alkyl or cyclic N) is 1. The molecule has 0 bridgehead atoms. The molecule has 7 heteroatoms. The maximum absolute atomic E-state index is 13.0. The topological polar surface area (TPSA) is 69.1 Å². The second-order valence-electron chi connectivity index (χ2n) is 8.95. The number of fused-ring (bicyclic) bond motifs is 1. The molecule has 1 aromatic carbocycles. The number of anilines is 1. The van der Waals surface area contributed by atoms with Crippen molar-refractivity contribution in [2.45, 2.75) is 38.0 Å². The molecule has 172 valence electrons. The van der Waals surface area contributed by atoms with Crippen LogP contribution in [0.4, 0.5) is 5.82 Å². The van der Waals surface area contributed by atoms with Crippen molar-refractivity contribution in [3.05, 3.63) is 59.3 Å². The quantitative estimate of drug-likeness (QED) is 0.715. The van der Waals surface area contributed by atoms with E-state index in [1.165, 1.54) is 11.1 Å². The number of aliphatic hydroxyl groups is 1. The van der Waals surface area contributed by atoms with E-state index in [-0.39, 0.29) is 5.91 Å². The Labute approximate surface area is 190 Å². The zero-order valence-electron chi connectivity index (χ0n) is 19.1. The number of amides is 1. The molecule has 7 nitrogen and oxygen atoms in total. The highest BCUT2D eigenvalue weighted by atomic mass is 16.5.